The van der Waals surface area contributed by atoms with Gasteiger partial charge in [-0.05, 0) is 36.5 Å². The van der Waals surface area contributed by atoms with Crippen LogP contribution in [0.1, 0.15) is 40.5 Å². The second-order valence-corrected chi connectivity index (χ2v) is 13.5. The molecule has 5 heterocycles. The number of carbonyl (C=O) groups excluding carboxylic acids is 2. The number of hydrogen-bond acceptors (Lipinski definition) is 7. The summed E-state index contributed by atoms with van der Waals surface area (Å²) in [5.74, 6) is -0.516. The lowest BCUT2D eigenvalue weighted by Crippen LogP contribution is -2.53. The number of nitrogens with zero attached hydrogens (tertiary/aromatic N) is 6. The van der Waals surface area contributed by atoms with Crippen LogP contribution >= 0.6 is 11.3 Å². The molecule has 0 bridgehead atoms. The summed E-state index contributed by atoms with van der Waals surface area (Å²) in [5.41, 5.74) is 1.36. The van der Waals surface area contributed by atoms with Gasteiger partial charge in [-0.25, -0.2) is 9.97 Å². The Balaban J connectivity index is 1.04. The summed E-state index contributed by atoms with van der Waals surface area (Å²) in [6.45, 7) is 1.81. The fourth-order valence-corrected chi connectivity index (χ4v) is 7.75. The van der Waals surface area contributed by atoms with Gasteiger partial charge in [-0.1, -0.05) is 60.7 Å². The Hall–Kier alpha value is -4.61. The molecule has 0 saturated carbocycles. The lowest BCUT2D eigenvalue weighted by atomic mass is 9.79. The van der Waals surface area contributed by atoms with Gasteiger partial charge in [0.15, 0.2) is 5.01 Å². The van der Waals surface area contributed by atoms with Gasteiger partial charge in [0, 0.05) is 57.5 Å². The highest BCUT2D eigenvalue weighted by atomic mass is 32.1. The number of thiazole rings is 1. The number of benzene rings is 2. The zero-order chi connectivity index (χ0) is 31.8. The summed E-state index contributed by atoms with van der Waals surface area (Å²) in [7, 11) is 1.84. The van der Waals surface area contributed by atoms with Crippen molar-refractivity contribution in [2.45, 2.75) is 37.3 Å². The average molecular weight is 637 g/mol. The van der Waals surface area contributed by atoms with Crippen molar-refractivity contribution in [3.05, 3.63) is 106 Å². The summed E-state index contributed by atoms with van der Waals surface area (Å²) in [5, 5.41) is 12.4. The van der Waals surface area contributed by atoms with Crippen molar-refractivity contribution >= 4 is 34.2 Å². The first-order valence-electron chi connectivity index (χ1n) is 15.7. The van der Waals surface area contributed by atoms with Gasteiger partial charge >= 0.3 is 0 Å². The van der Waals surface area contributed by atoms with Crippen LogP contribution in [-0.2, 0) is 18.4 Å². The maximum Gasteiger partial charge on any atom is 0.282 e. The van der Waals surface area contributed by atoms with Crippen LogP contribution in [0.15, 0.2) is 90.2 Å². The molecule has 46 heavy (non-hydrogen) atoms. The van der Waals surface area contributed by atoms with Crippen LogP contribution in [0.5, 0.6) is 0 Å². The van der Waals surface area contributed by atoms with Gasteiger partial charge in [0.25, 0.3) is 11.5 Å². The second kappa shape index (κ2) is 12.3. The fraction of sp³-hybridized carbons (Fsp3) is 0.343. The molecule has 0 spiro atoms. The summed E-state index contributed by atoms with van der Waals surface area (Å²) >= 11 is 1.39. The lowest BCUT2D eigenvalue weighted by molar-refractivity contribution is -0.142. The van der Waals surface area contributed by atoms with Crippen LogP contribution in [0.4, 0.5) is 0 Å². The molecule has 5 aromatic rings. The van der Waals surface area contributed by atoms with Crippen LogP contribution in [-0.4, -0.2) is 77.6 Å². The number of aryl methyl sites for hydroxylation is 1. The Bertz CT molecular complexity index is 1930. The smallest absolute Gasteiger partial charge is 0.282 e. The lowest BCUT2D eigenvalue weighted by Gasteiger charge is -2.43. The van der Waals surface area contributed by atoms with E-state index in [1.807, 2.05) is 77.5 Å². The van der Waals surface area contributed by atoms with Crippen LogP contribution in [0.2, 0.25) is 0 Å². The number of aromatic nitrogens is 4. The van der Waals surface area contributed by atoms with E-state index in [2.05, 4.69) is 9.97 Å². The van der Waals surface area contributed by atoms with Crippen LogP contribution in [0.3, 0.4) is 0 Å². The highest BCUT2D eigenvalue weighted by Crippen LogP contribution is 2.37. The molecule has 11 heteroatoms. The number of hydrogen-bond donors (Lipinski definition) is 1. The van der Waals surface area contributed by atoms with Crippen molar-refractivity contribution < 1.29 is 14.7 Å². The van der Waals surface area contributed by atoms with Crippen molar-refractivity contribution in [3.8, 4) is 10.4 Å². The van der Waals surface area contributed by atoms with Gasteiger partial charge in [0.1, 0.15) is 12.0 Å². The number of fused-ring (bicyclic) bond motifs is 1. The predicted molar refractivity (Wildman–Crippen MR) is 176 cm³/mol. The van der Waals surface area contributed by atoms with Crippen molar-refractivity contribution in [1.29, 1.82) is 0 Å². The number of amides is 2. The molecule has 2 fully saturated rings. The summed E-state index contributed by atoms with van der Waals surface area (Å²) in [6, 6.07) is 21.6. The molecule has 10 nitrogen and oxygen atoms in total. The molecule has 3 aromatic heterocycles. The number of piperidine rings is 2. The molecule has 2 amide bonds. The Morgan fingerprint density at radius 2 is 1.67 bits per heavy atom. The van der Waals surface area contributed by atoms with E-state index in [1.165, 1.54) is 22.2 Å². The van der Waals surface area contributed by atoms with Crippen LogP contribution in [0, 0.1) is 5.92 Å². The van der Waals surface area contributed by atoms with E-state index in [0.717, 1.165) is 16.0 Å². The van der Waals surface area contributed by atoms with Crippen LogP contribution < -0.4 is 5.56 Å². The van der Waals surface area contributed by atoms with E-state index in [0.29, 0.717) is 61.5 Å². The normalized spacial score (nSPS) is 19.8. The minimum Gasteiger partial charge on any atom is -0.388 e. The van der Waals surface area contributed by atoms with Gasteiger partial charge < -0.3 is 19.5 Å². The monoisotopic (exact) mass is 636 g/mol. The molecule has 2 saturated heterocycles. The first-order valence-corrected chi connectivity index (χ1v) is 16.5. The summed E-state index contributed by atoms with van der Waals surface area (Å²) < 4.78 is 3.27. The summed E-state index contributed by atoms with van der Waals surface area (Å²) in [4.78, 5) is 54.3. The van der Waals surface area contributed by atoms with E-state index in [1.54, 1.807) is 23.0 Å². The molecular formula is C35H36N6O4S. The molecule has 2 aliphatic rings. The second-order valence-electron chi connectivity index (χ2n) is 12.5. The maximum absolute atomic E-state index is 14.1. The molecule has 2 aromatic carbocycles. The first-order chi connectivity index (χ1) is 22.3. The van der Waals surface area contributed by atoms with Crippen LogP contribution in [0.25, 0.3) is 21.5 Å². The SMILES string of the molecule is Cn1ccc2c(=O)n(CC3(O)CCN(C(=O)[C@@H]4CCN(C(=O)c5ncc(-c6ccccc6)s5)C[C@H]4c4ccccc4)CC3)cnc21. The molecule has 2 aliphatic heterocycles. The predicted octanol–water partition coefficient (Wildman–Crippen LogP) is 4.16. The Morgan fingerprint density at radius 3 is 2.41 bits per heavy atom. The van der Waals surface area contributed by atoms with E-state index in [4.69, 9.17) is 0 Å². The molecule has 0 aliphatic carbocycles. The summed E-state index contributed by atoms with van der Waals surface area (Å²) in [6.07, 6.45) is 6.31. The number of aliphatic hydroxyl groups is 1. The Kier molecular flexibility index (Phi) is 8.04. The minimum atomic E-state index is -1.12. The molecule has 1 N–H and O–H groups in total. The van der Waals surface area contributed by atoms with Gasteiger partial charge in [0.05, 0.1) is 22.4 Å². The van der Waals surface area contributed by atoms with Gasteiger partial charge in [-0.3, -0.25) is 19.0 Å². The molecule has 0 unspecified atom stereocenters. The fourth-order valence-electron chi connectivity index (χ4n) is 6.86. The molecular weight excluding hydrogens is 600 g/mol. The quantitative estimate of drug-likeness (QED) is 0.300. The molecule has 2 atom stereocenters. The zero-order valence-electron chi connectivity index (χ0n) is 25.7. The molecule has 0 radical (unpaired) electrons. The minimum absolute atomic E-state index is 0.0492. The van der Waals surface area contributed by atoms with Crippen molar-refractivity contribution in [1.82, 2.24) is 28.9 Å². The number of likely N-dealkylation sites (tertiary alicyclic amines) is 2. The number of carbonyl (C=O) groups is 2. The van der Waals surface area contributed by atoms with Gasteiger partial charge in [0.2, 0.25) is 5.91 Å². The third-order valence-corrected chi connectivity index (χ3v) is 10.5. The standard InChI is InChI=1S/C35H36N6O4S/c1-38-16-12-27-30(38)37-23-41(33(27)43)22-35(45)14-18-39(19-15-35)32(42)26-13-17-40(21-28(26)24-8-4-2-5-9-24)34(44)31-36-20-29(46-31)25-10-6-3-7-11-25/h2-12,16,20,23,26,28,45H,13-15,17-19,21-22H2,1H3/t26-,28+/m1/s1. The van der Waals surface area contributed by atoms with E-state index in [9.17, 15) is 19.5 Å². The maximum atomic E-state index is 14.1. The Morgan fingerprint density at radius 1 is 0.957 bits per heavy atom. The number of rotatable bonds is 6. The van der Waals surface area contributed by atoms with Gasteiger partial charge in [-0.15, -0.1) is 11.3 Å². The highest BCUT2D eigenvalue weighted by Gasteiger charge is 2.42. The van der Waals surface area contributed by atoms with E-state index < -0.39 is 5.60 Å². The molecule has 7 rings (SSSR count). The molecule has 236 valence electrons. The van der Waals surface area contributed by atoms with E-state index >= 15 is 0 Å². The largest absolute Gasteiger partial charge is 0.388 e. The van der Waals surface area contributed by atoms with Crippen molar-refractivity contribution in [2.75, 3.05) is 26.2 Å². The first kappa shape index (κ1) is 30.1. The van der Waals surface area contributed by atoms with Crippen molar-refractivity contribution in [3.63, 3.8) is 0 Å². The zero-order valence-corrected chi connectivity index (χ0v) is 26.5. The highest BCUT2D eigenvalue weighted by molar-refractivity contribution is 7.16. The average Bonchev–Trinajstić information content (AvgIpc) is 3.74. The van der Waals surface area contributed by atoms with Crippen molar-refractivity contribution in [2.24, 2.45) is 13.0 Å². The third-order valence-electron chi connectivity index (χ3n) is 9.51. The van der Waals surface area contributed by atoms with E-state index in [-0.39, 0.29) is 35.8 Å². The topological polar surface area (TPSA) is 114 Å². The Labute approximate surface area is 270 Å². The third kappa shape index (κ3) is 5.76. The van der Waals surface area contributed by atoms with Gasteiger partial charge in [-0.2, -0.15) is 0 Å².